The van der Waals surface area contributed by atoms with Crippen LogP contribution in [0.2, 0.25) is 0 Å². The molecular formula is C16H20N2O3. The van der Waals surface area contributed by atoms with Gasteiger partial charge in [0.15, 0.2) is 5.78 Å². The van der Waals surface area contributed by atoms with Crippen LogP contribution in [0.5, 0.6) is 0 Å². The lowest BCUT2D eigenvalue weighted by Crippen LogP contribution is -2.53. The molecule has 112 valence electrons. The fourth-order valence-corrected chi connectivity index (χ4v) is 2.95. The Balaban J connectivity index is 1.74. The molecule has 1 fully saturated rings. The highest BCUT2D eigenvalue weighted by Gasteiger charge is 2.28. The van der Waals surface area contributed by atoms with Gasteiger partial charge in [-0.3, -0.25) is 9.59 Å². The molecule has 1 aliphatic heterocycles. The van der Waals surface area contributed by atoms with Crippen LogP contribution < -0.4 is 10.6 Å². The van der Waals surface area contributed by atoms with Gasteiger partial charge in [0.2, 0.25) is 5.91 Å². The molecular weight excluding hydrogens is 268 g/mol. The summed E-state index contributed by atoms with van der Waals surface area (Å²) in [6.07, 6.45) is 2.29. The van der Waals surface area contributed by atoms with Crippen molar-refractivity contribution in [2.75, 3.05) is 18.5 Å². The van der Waals surface area contributed by atoms with E-state index in [1.807, 2.05) is 19.1 Å². The van der Waals surface area contributed by atoms with Crippen LogP contribution in [0.4, 0.5) is 5.69 Å². The van der Waals surface area contributed by atoms with Crippen LogP contribution in [0.25, 0.3) is 0 Å². The van der Waals surface area contributed by atoms with Gasteiger partial charge in [-0.2, -0.15) is 0 Å². The number of hydrogen-bond donors (Lipinski definition) is 2. The molecule has 1 aromatic rings. The number of morpholine rings is 1. The van der Waals surface area contributed by atoms with Crippen LogP contribution >= 0.6 is 0 Å². The van der Waals surface area contributed by atoms with Crippen molar-refractivity contribution in [2.24, 2.45) is 0 Å². The van der Waals surface area contributed by atoms with E-state index >= 15 is 0 Å². The quantitative estimate of drug-likeness (QED) is 0.866. The van der Waals surface area contributed by atoms with E-state index in [0.717, 1.165) is 24.0 Å². The average Bonchev–Trinajstić information content (AvgIpc) is 2.48. The van der Waals surface area contributed by atoms with Crippen LogP contribution in [-0.2, 0) is 16.0 Å². The number of amides is 1. The Hall–Kier alpha value is -1.72. The fraction of sp³-hybridized carbons (Fsp3) is 0.500. The summed E-state index contributed by atoms with van der Waals surface area (Å²) in [5.74, 6) is 0.0465. The lowest BCUT2D eigenvalue weighted by molar-refractivity contribution is -0.123. The second-order valence-electron chi connectivity index (χ2n) is 5.65. The van der Waals surface area contributed by atoms with Gasteiger partial charge in [-0.1, -0.05) is 6.07 Å². The Morgan fingerprint density at radius 3 is 3.05 bits per heavy atom. The number of anilines is 1. The summed E-state index contributed by atoms with van der Waals surface area (Å²) in [6, 6.07) is 5.24. The first kappa shape index (κ1) is 14.2. The van der Waals surface area contributed by atoms with Crippen molar-refractivity contribution in [1.82, 2.24) is 5.32 Å². The molecule has 0 spiro atoms. The van der Waals surface area contributed by atoms with E-state index in [9.17, 15) is 9.59 Å². The average molecular weight is 288 g/mol. The Kier molecular flexibility index (Phi) is 4.03. The predicted molar refractivity (Wildman–Crippen MR) is 79.5 cm³/mol. The Morgan fingerprint density at radius 2 is 2.24 bits per heavy atom. The summed E-state index contributed by atoms with van der Waals surface area (Å²) in [5.41, 5.74) is 2.50. The monoisotopic (exact) mass is 288 g/mol. The van der Waals surface area contributed by atoms with Gasteiger partial charge in [-0.05, 0) is 37.5 Å². The highest BCUT2D eigenvalue weighted by molar-refractivity contribution is 6.01. The van der Waals surface area contributed by atoms with E-state index in [4.69, 9.17) is 4.74 Å². The number of Topliss-reactive ketones (excluding diaryl/α,β-unsaturated/α-hetero) is 1. The molecule has 1 aromatic carbocycles. The van der Waals surface area contributed by atoms with Crippen LogP contribution in [0.15, 0.2) is 18.2 Å². The number of hydrogen-bond acceptors (Lipinski definition) is 4. The number of ether oxygens (including phenoxy) is 1. The summed E-state index contributed by atoms with van der Waals surface area (Å²) in [5, 5.41) is 6.04. The number of ketones is 1. The second-order valence-corrected chi connectivity index (χ2v) is 5.65. The Bertz CT molecular complexity index is 571. The smallest absolute Gasteiger partial charge is 0.244 e. The highest BCUT2D eigenvalue weighted by atomic mass is 16.5. The third-order valence-corrected chi connectivity index (χ3v) is 4.13. The van der Waals surface area contributed by atoms with Gasteiger partial charge in [0.1, 0.15) is 6.04 Å². The van der Waals surface area contributed by atoms with Gasteiger partial charge >= 0.3 is 0 Å². The molecule has 2 N–H and O–H groups in total. The number of fused-ring (bicyclic) bond motifs is 1. The van der Waals surface area contributed by atoms with Crippen molar-refractivity contribution in [3.05, 3.63) is 29.3 Å². The molecule has 0 unspecified atom stereocenters. The third-order valence-electron chi connectivity index (χ3n) is 4.13. The molecule has 2 atom stereocenters. The lowest BCUT2D eigenvalue weighted by atomic mass is 9.90. The van der Waals surface area contributed by atoms with Gasteiger partial charge in [-0.25, -0.2) is 0 Å². The van der Waals surface area contributed by atoms with Crippen molar-refractivity contribution in [3.63, 3.8) is 0 Å². The molecule has 1 saturated heterocycles. The molecule has 0 bridgehead atoms. The van der Waals surface area contributed by atoms with E-state index in [-0.39, 0.29) is 23.8 Å². The number of nitrogens with one attached hydrogen (secondary N) is 2. The van der Waals surface area contributed by atoms with Crippen LogP contribution in [0, 0.1) is 0 Å². The zero-order chi connectivity index (χ0) is 14.8. The third kappa shape index (κ3) is 2.99. The number of benzene rings is 1. The molecule has 0 radical (unpaired) electrons. The number of carbonyl (C=O) groups excluding carboxylic acids is 2. The summed E-state index contributed by atoms with van der Waals surface area (Å²) in [6.45, 7) is 3.18. The predicted octanol–water partition coefficient (Wildman–Crippen LogP) is 1.52. The maximum absolute atomic E-state index is 12.3. The van der Waals surface area contributed by atoms with Gasteiger partial charge in [0, 0.05) is 24.2 Å². The second kappa shape index (κ2) is 5.95. The van der Waals surface area contributed by atoms with Gasteiger partial charge in [0.05, 0.1) is 12.7 Å². The normalized spacial score (nSPS) is 25.3. The first-order chi connectivity index (χ1) is 10.1. The summed E-state index contributed by atoms with van der Waals surface area (Å²) < 4.78 is 5.48. The van der Waals surface area contributed by atoms with Crippen molar-refractivity contribution < 1.29 is 14.3 Å². The van der Waals surface area contributed by atoms with Crippen molar-refractivity contribution in [3.8, 4) is 0 Å². The first-order valence-electron chi connectivity index (χ1n) is 7.47. The molecule has 1 aliphatic carbocycles. The number of rotatable bonds is 2. The molecule has 1 heterocycles. The molecule has 0 aromatic heterocycles. The van der Waals surface area contributed by atoms with E-state index in [1.165, 1.54) is 0 Å². The lowest BCUT2D eigenvalue weighted by Gasteiger charge is -2.29. The van der Waals surface area contributed by atoms with Gasteiger partial charge in [0.25, 0.3) is 0 Å². The minimum atomic E-state index is -0.356. The molecule has 1 amide bonds. The largest absolute Gasteiger partial charge is 0.375 e. The van der Waals surface area contributed by atoms with Crippen LogP contribution in [-0.4, -0.2) is 37.0 Å². The first-order valence-corrected chi connectivity index (χ1v) is 7.47. The topological polar surface area (TPSA) is 67.4 Å². The van der Waals surface area contributed by atoms with Gasteiger partial charge in [-0.15, -0.1) is 0 Å². The Morgan fingerprint density at radius 1 is 1.38 bits per heavy atom. The van der Waals surface area contributed by atoms with Crippen molar-refractivity contribution >= 4 is 17.4 Å². The van der Waals surface area contributed by atoms with Crippen LogP contribution in [0.3, 0.4) is 0 Å². The van der Waals surface area contributed by atoms with E-state index < -0.39 is 0 Å². The minimum Gasteiger partial charge on any atom is -0.375 e. The molecule has 3 rings (SSSR count). The summed E-state index contributed by atoms with van der Waals surface area (Å²) in [4.78, 5) is 24.2. The zero-order valence-electron chi connectivity index (χ0n) is 12.1. The molecule has 2 aliphatic rings. The minimum absolute atomic E-state index is 0.120. The standard InChI is InChI=1S/C16H20N2O3/c1-10-15(17-7-8-21-10)16(20)18-12-6-5-11-3-2-4-14(19)13(11)9-12/h5-6,9-10,15,17H,2-4,7-8H2,1H3,(H,18,20)/t10-,15+/m1/s1. The fourth-order valence-electron chi connectivity index (χ4n) is 2.95. The van der Waals surface area contributed by atoms with E-state index in [0.29, 0.717) is 25.3 Å². The maximum Gasteiger partial charge on any atom is 0.244 e. The highest BCUT2D eigenvalue weighted by Crippen LogP contribution is 2.24. The van der Waals surface area contributed by atoms with Gasteiger partial charge < -0.3 is 15.4 Å². The molecule has 5 nitrogen and oxygen atoms in total. The van der Waals surface area contributed by atoms with Crippen molar-refractivity contribution in [2.45, 2.75) is 38.3 Å². The number of carbonyl (C=O) groups is 2. The zero-order valence-corrected chi connectivity index (χ0v) is 12.1. The number of aryl methyl sites for hydroxylation is 1. The Labute approximate surface area is 124 Å². The van der Waals surface area contributed by atoms with Crippen LogP contribution in [0.1, 0.15) is 35.7 Å². The van der Waals surface area contributed by atoms with E-state index in [2.05, 4.69) is 10.6 Å². The molecule has 0 saturated carbocycles. The maximum atomic E-state index is 12.3. The molecule has 21 heavy (non-hydrogen) atoms. The summed E-state index contributed by atoms with van der Waals surface area (Å²) >= 11 is 0. The SMILES string of the molecule is C[C@H]1OCCN[C@@H]1C(=O)Nc1ccc2c(c1)C(=O)CCC2. The molecule has 5 heteroatoms. The van der Waals surface area contributed by atoms with Crippen molar-refractivity contribution in [1.29, 1.82) is 0 Å². The summed E-state index contributed by atoms with van der Waals surface area (Å²) in [7, 11) is 0. The van der Waals surface area contributed by atoms with E-state index in [1.54, 1.807) is 6.07 Å².